The van der Waals surface area contributed by atoms with Crippen molar-refractivity contribution in [2.75, 3.05) is 5.73 Å². The highest BCUT2D eigenvalue weighted by molar-refractivity contribution is 5.97. The second-order valence-electron chi connectivity index (χ2n) is 6.83. The minimum Gasteiger partial charge on any atom is -0.443 e. The first-order valence-corrected chi connectivity index (χ1v) is 8.67. The molecule has 1 aliphatic carbocycles. The standard InChI is InChI=1S/C19H22N4O2/c1-10(24)14-11(2)25-19-16(15(14)18-21-8-9-23(18)3)17(20)12-6-4-5-7-13(12)22-19/h8-9,15H,4-7H2,1-3H3,(H2,20,22). The van der Waals surface area contributed by atoms with Gasteiger partial charge >= 0.3 is 0 Å². The van der Waals surface area contributed by atoms with Crippen molar-refractivity contribution < 1.29 is 9.53 Å². The fourth-order valence-electron chi connectivity index (χ4n) is 4.03. The van der Waals surface area contributed by atoms with Crippen LogP contribution in [0, 0.1) is 0 Å². The van der Waals surface area contributed by atoms with Crippen LogP contribution in [0.15, 0.2) is 23.7 Å². The number of aromatic nitrogens is 3. The lowest BCUT2D eigenvalue weighted by atomic mass is 9.82. The third-order valence-corrected chi connectivity index (χ3v) is 5.22. The van der Waals surface area contributed by atoms with Gasteiger partial charge in [0.15, 0.2) is 5.78 Å². The Bertz CT molecular complexity index is 910. The first-order valence-electron chi connectivity index (χ1n) is 8.67. The summed E-state index contributed by atoms with van der Waals surface area (Å²) in [5.41, 5.74) is 10.8. The van der Waals surface area contributed by atoms with Crippen molar-refractivity contribution in [1.82, 2.24) is 14.5 Å². The third-order valence-electron chi connectivity index (χ3n) is 5.22. The van der Waals surface area contributed by atoms with Crippen LogP contribution in [-0.4, -0.2) is 20.3 Å². The number of Topliss-reactive ketones (excluding diaryl/α,β-unsaturated/α-hetero) is 1. The number of ether oxygens (including phenoxy) is 1. The zero-order chi connectivity index (χ0) is 17.7. The molecule has 0 fully saturated rings. The average molecular weight is 338 g/mol. The highest BCUT2D eigenvalue weighted by Crippen LogP contribution is 2.47. The Labute approximate surface area is 146 Å². The number of ketones is 1. The molecule has 130 valence electrons. The number of nitrogens with two attached hydrogens (primary N) is 1. The molecule has 0 bridgehead atoms. The van der Waals surface area contributed by atoms with Crippen molar-refractivity contribution in [2.24, 2.45) is 7.05 Å². The summed E-state index contributed by atoms with van der Waals surface area (Å²) in [6.45, 7) is 3.37. The van der Waals surface area contributed by atoms with Gasteiger partial charge in [0.2, 0.25) is 5.88 Å². The fraction of sp³-hybridized carbons (Fsp3) is 0.421. The quantitative estimate of drug-likeness (QED) is 0.910. The fourth-order valence-corrected chi connectivity index (χ4v) is 4.03. The van der Waals surface area contributed by atoms with Gasteiger partial charge in [0, 0.05) is 36.4 Å². The maximum absolute atomic E-state index is 12.4. The van der Waals surface area contributed by atoms with Crippen LogP contribution in [0.25, 0.3) is 0 Å². The van der Waals surface area contributed by atoms with E-state index < -0.39 is 0 Å². The minimum atomic E-state index is -0.346. The van der Waals surface area contributed by atoms with Crippen LogP contribution >= 0.6 is 0 Å². The van der Waals surface area contributed by atoms with Crippen LogP contribution < -0.4 is 10.5 Å². The van der Waals surface area contributed by atoms with Gasteiger partial charge in [0.25, 0.3) is 0 Å². The summed E-state index contributed by atoms with van der Waals surface area (Å²) in [5, 5.41) is 0. The van der Waals surface area contributed by atoms with Crippen molar-refractivity contribution in [3.63, 3.8) is 0 Å². The second kappa shape index (κ2) is 5.72. The highest BCUT2D eigenvalue weighted by Gasteiger charge is 2.38. The van der Waals surface area contributed by atoms with E-state index in [2.05, 4.69) is 4.98 Å². The maximum Gasteiger partial charge on any atom is 0.225 e. The van der Waals surface area contributed by atoms with Crippen molar-refractivity contribution in [3.8, 4) is 5.88 Å². The number of allylic oxidation sites excluding steroid dienone is 2. The Morgan fingerprint density at radius 2 is 2.12 bits per heavy atom. The molecule has 0 aromatic carbocycles. The van der Waals surface area contributed by atoms with E-state index in [1.807, 2.05) is 24.7 Å². The normalized spacial score (nSPS) is 19.2. The van der Waals surface area contributed by atoms with Crippen LogP contribution in [0.1, 0.15) is 55.3 Å². The number of rotatable bonds is 2. The Kier molecular flexibility index (Phi) is 3.63. The molecule has 3 heterocycles. The molecule has 0 radical (unpaired) electrons. The predicted octanol–water partition coefficient (Wildman–Crippen LogP) is 2.66. The zero-order valence-electron chi connectivity index (χ0n) is 14.8. The van der Waals surface area contributed by atoms with Crippen LogP contribution in [0.2, 0.25) is 0 Å². The number of imidazole rings is 1. The van der Waals surface area contributed by atoms with Gasteiger partial charge in [-0.1, -0.05) is 0 Å². The lowest BCUT2D eigenvalue weighted by Crippen LogP contribution is -2.26. The summed E-state index contributed by atoms with van der Waals surface area (Å²) >= 11 is 0. The van der Waals surface area contributed by atoms with Gasteiger partial charge in [-0.3, -0.25) is 4.79 Å². The first-order chi connectivity index (χ1) is 12.0. The number of fused-ring (bicyclic) bond motifs is 2. The number of aryl methyl sites for hydroxylation is 2. The van der Waals surface area contributed by atoms with E-state index >= 15 is 0 Å². The Morgan fingerprint density at radius 3 is 2.80 bits per heavy atom. The summed E-state index contributed by atoms with van der Waals surface area (Å²) in [6, 6.07) is 0. The van der Waals surface area contributed by atoms with Crippen LogP contribution in [0.4, 0.5) is 5.69 Å². The van der Waals surface area contributed by atoms with Crippen molar-refractivity contribution in [2.45, 2.75) is 45.4 Å². The van der Waals surface area contributed by atoms with E-state index in [9.17, 15) is 4.79 Å². The van der Waals surface area contributed by atoms with E-state index in [1.54, 1.807) is 13.1 Å². The molecule has 4 rings (SSSR count). The monoisotopic (exact) mass is 338 g/mol. The lowest BCUT2D eigenvalue weighted by molar-refractivity contribution is -0.114. The third kappa shape index (κ3) is 2.35. The molecule has 1 atom stereocenters. The number of nitrogen functional groups attached to an aromatic ring is 1. The van der Waals surface area contributed by atoms with Crippen molar-refractivity contribution in [3.05, 3.63) is 46.4 Å². The SMILES string of the molecule is CC(=O)C1=C(C)Oc2nc3c(c(N)c2C1c1nccn1C)CCCC3. The molecule has 2 aromatic heterocycles. The van der Waals surface area contributed by atoms with Gasteiger partial charge in [0.1, 0.15) is 11.6 Å². The molecule has 1 unspecified atom stereocenters. The van der Waals surface area contributed by atoms with E-state index in [4.69, 9.17) is 15.5 Å². The summed E-state index contributed by atoms with van der Waals surface area (Å²) in [6.07, 6.45) is 7.69. The van der Waals surface area contributed by atoms with Crippen LogP contribution in [0.5, 0.6) is 5.88 Å². The Morgan fingerprint density at radius 1 is 1.36 bits per heavy atom. The van der Waals surface area contributed by atoms with E-state index in [1.165, 1.54) is 0 Å². The molecule has 1 aliphatic heterocycles. The molecule has 6 heteroatoms. The molecule has 0 spiro atoms. The topological polar surface area (TPSA) is 83.0 Å². The van der Waals surface area contributed by atoms with Gasteiger partial charge < -0.3 is 15.0 Å². The van der Waals surface area contributed by atoms with Crippen LogP contribution in [-0.2, 0) is 24.7 Å². The summed E-state index contributed by atoms with van der Waals surface area (Å²) in [5.74, 6) is 1.50. The molecule has 2 N–H and O–H groups in total. The number of hydrogen-bond donors (Lipinski definition) is 1. The molecule has 6 nitrogen and oxygen atoms in total. The number of carbonyl (C=O) groups excluding carboxylic acids is 1. The van der Waals surface area contributed by atoms with Gasteiger partial charge in [-0.05, 0) is 45.1 Å². The average Bonchev–Trinajstić information content (AvgIpc) is 2.99. The Hall–Kier alpha value is -2.63. The van der Waals surface area contributed by atoms with Gasteiger partial charge in [-0.15, -0.1) is 0 Å². The van der Waals surface area contributed by atoms with Crippen LogP contribution in [0.3, 0.4) is 0 Å². The number of hydrogen-bond acceptors (Lipinski definition) is 5. The summed E-state index contributed by atoms with van der Waals surface area (Å²) in [4.78, 5) is 21.7. The molecule has 2 aromatic rings. The van der Waals surface area contributed by atoms with Gasteiger partial charge in [-0.2, -0.15) is 0 Å². The zero-order valence-corrected chi connectivity index (χ0v) is 14.8. The Balaban J connectivity index is 2.01. The molecule has 0 saturated carbocycles. The summed E-state index contributed by atoms with van der Waals surface area (Å²) in [7, 11) is 1.92. The summed E-state index contributed by atoms with van der Waals surface area (Å²) < 4.78 is 7.88. The van der Waals surface area contributed by atoms with E-state index in [0.29, 0.717) is 22.9 Å². The largest absolute Gasteiger partial charge is 0.443 e. The smallest absolute Gasteiger partial charge is 0.225 e. The number of carbonyl (C=O) groups is 1. The molecule has 0 amide bonds. The lowest BCUT2D eigenvalue weighted by Gasteiger charge is -2.31. The van der Waals surface area contributed by atoms with Gasteiger partial charge in [0.05, 0.1) is 11.5 Å². The number of nitrogens with zero attached hydrogens (tertiary/aromatic N) is 3. The second-order valence-corrected chi connectivity index (χ2v) is 6.83. The van der Waals surface area contributed by atoms with Crippen molar-refractivity contribution in [1.29, 1.82) is 0 Å². The van der Waals surface area contributed by atoms with E-state index in [-0.39, 0.29) is 11.7 Å². The molecule has 2 aliphatic rings. The van der Waals surface area contributed by atoms with E-state index in [0.717, 1.165) is 48.3 Å². The number of pyridine rings is 1. The van der Waals surface area contributed by atoms with Gasteiger partial charge in [-0.25, -0.2) is 9.97 Å². The predicted molar refractivity (Wildman–Crippen MR) is 94.4 cm³/mol. The molecular formula is C19H22N4O2. The molecular weight excluding hydrogens is 316 g/mol. The first kappa shape index (κ1) is 15.9. The minimum absolute atomic E-state index is 0.0340. The molecule has 25 heavy (non-hydrogen) atoms. The highest BCUT2D eigenvalue weighted by atomic mass is 16.5. The van der Waals surface area contributed by atoms with Crippen molar-refractivity contribution >= 4 is 11.5 Å². The number of anilines is 1. The maximum atomic E-state index is 12.4. The molecule has 0 saturated heterocycles.